The highest BCUT2D eigenvalue weighted by molar-refractivity contribution is 7.80. The average Bonchev–Trinajstić information content (AvgIpc) is 3.25. The van der Waals surface area contributed by atoms with Crippen LogP contribution >= 0.6 is 12.2 Å². The van der Waals surface area contributed by atoms with Gasteiger partial charge in [-0.1, -0.05) is 60.2 Å². The molecule has 0 spiro atoms. The summed E-state index contributed by atoms with van der Waals surface area (Å²) >= 11 is 5.56. The van der Waals surface area contributed by atoms with E-state index in [0.29, 0.717) is 24.7 Å². The van der Waals surface area contributed by atoms with Crippen molar-refractivity contribution in [1.29, 1.82) is 0 Å². The monoisotopic (exact) mass is 407 g/mol. The van der Waals surface area contributed by atoms with Crippen LogP contribution in [0.4, 0.5) is 0 Å². The molecule has 5 nitrogen and oxygen atoms in total. The standard InChI is InChI=1S/C23H25N3O2S/c1-18-9-11-20(12-10-18)16-26(17-21-8-5-13-28-21)23(29)25-15-22(27)24-14-19-6-3-2-4-7-19/h2-13H,14-17H2,1H3,(H,24,27)(H,25,29). The van der Waals surface area contributed by atoms with Gasteiger partial charge >= 0.3 is 0 Å². The Balaban J connectivity index is 1.55. The molecule has 1 amide bonds. The lowest BCUT2D eigenvalue weighted by Crippen LogP contribution is -2.43. The zero-order valence-corrected chi connectivity index (χ0v) is 17.2. The number of amides is 1. The molecule has 150 valence electrons. The summed E-state index contributed by atoms with van der Waals surface area (Å²) in [5.74, 6) is 0.708. The number of furan rings is 1. The number of benzene rings is 2. The molecule has 0 aliphatic heterocycles. The summed E-state index contributed by atoms with van der Waals surface area (Å²) in [6.45, 7) is 3.82. The second-order valence-electron chi connectivity index (χ2n) is 6.84. The minimum absolute atomic E-state index is 0.107. The van der Waals surface area contributed by atoms with Crippen LogP contribution in [0, 0.1) is 6.92 Å². The van der Waals surface area contributed by atoms with Gasteiger partial charge in [0.05, 0.1) is 19.4 Å². The van der Waals surface area contributed by atoms with E-state index >= 15 is 0 Å². The first kappa shape index (κ1) is 20.6. The molecule has 3 aromatic rings. The van der Waals surface area contributed by atoms with E-state index in [2.05, 4.69) is 41.8 Å². The van der Waals surface area contributed by atoms with Crippen LogP contribution in [0.15, 0.2) is 77.4 Å². The molecule has 0 saturated heterocycles. The molecule has 0 saturated carbocycles. The molecule has 0 atom stereocenters. The van der Waals surface area contributed by atoms with E-state index in [1.165, 1.54) is 5.56 Å². The highest BCUT2D eigenvalue weighted by Gasteiger charge is 2.14. The number of nitrogens with one attached hydrogen (secondary N) is 2. The number of rotatable bonds is 8. The summed E-state index contributed by atoms with van der Waals surface area (Å²) < 4.78 is 5.48. The minimum atomic E-state index is -0.107. The summed E-state index contributed by atoms with van der Waals surface area (Å²) in [6, 6.07) is 21.9. The number of thiocarbonyl (C=S) groups is 1. The molecule has 0 bridgehead atoms. The molecule has 0 radical (unpaired) electrons. The number of carbonyl (C=O) groups excluding carboxylic acids is 1. The van der Waals surface area contributed by atoms with Crippen LogP contribution in [-0.4, -0.2) is 22.5 Å². The van der Waals surface area contributed by atoms with Crippen LogP contribution < -0.4 is 10.6 Å². The summed E-state index contributed by atoms with van der Waals surface area (Å²) in [5, 5.41) is 6.47. The Labute approximate surface area is 176 Å². The van der Waals surface area contributed by atoms with Crippen LogP contribution in [0.3, 0.4) is 0 Å². The van der Waals surface area contributed by atoms with Crippen molar-refractivity contribution in [2.75, 3.05) is 6.54 Å². The first-order valence-electron chi connectivity index (χ1n) is 9.51. The fraction of sp³-hybridized carbons (Fsp3) is 0.217. The lowest BCUT2D eigenvalue weighted by molar-refractivity contribution is -0.120. The van der Waals surface area contributed by atoms with Gasteiger partial charge < -0.3 is 20.0 Å². The first-order chi connectivity index (χ1) is 14.1. The van der Waals surface area contributed by atoms with Crippen molar-refractivity contribution >= 4 is 23.2 Å². The second kappa shape index (κ2) is 10.4. The summed E-state index contributed by atoms with van der Waals surface area (Å²) in [4.78, 5) is 14.2. The van der Waals surface area contributed by atoms with Gasteiger partial charge in [0, 0.05) is 13.1 Å². The van der Waals surface area contributed by atoms with Crippen molar-refractivity contribution in [2.45, 2.75) is 26.6 Å². The van der Waals surface area contributed by atoms with E-state index in [0.717, 1.165) is 16.9 Å². The van der Waals surface area contributed by atoms with Crippen molar-refractivity contribution in [3.05, 3.63) is 95.4 Å². The van der Waals surface area contributed by atoms with Gasteiger partial charge in [-0.2, -0.15) is 0 Å². The van der Waals surface area contributed by atoms with E-state index in [4.69, 9.17) is 16.6 Å². The third kappa shape index (κ3) is 6.76. The SMILES string of the molecule is Cc1ccc(CN(Cc2ccco2)C(=S)NCC(=O)NCc2ccccc2)cc1. The molecule has 6 heteroatoms. The van der Waals surface area contributed by atoms with Crippen LogP contribution in [0.25, 0.3) is 0 Å². The quantitative estimate of drug-likeness (QED) is 0.557. The molecule has 1 heterocycles. The van der Waals surface area contributed by atoms with Gasteiger partial charge in [-0.05, 0) is 42.4 Å². The lowest BCUT2D eigenvalue weighted by Gasteiger charge is -2.25. The zero-order valence-electron chi connectivity index (χ0n) is 16.4. The molecule has 2 aromatic carbocycles. The minimum Gasteiger partial charge on any atom is -0.467 e. The van der Waals surface area contributed by atoms with Crippen molar-refractivity contribution in [3.8, 4) is 0 Å². The number of nitrogens with zero attached hydrogens (tertiary/aromatic N) is 1. The summed E-state index contributed by atoms with van der Waals surface area (Å²) in [7, 11) is 0. The number of hydrogen-bond donors (Lipinski definition) is 2. The average molecular weight is 408 g/mol. The molecule has 2 N–H and O–H groups in total. The topological polar surface area (TPSA) is 57.5 Å². The number of hydrogen-bond acceptors (Lipinski definition) is 3. The normalized spacial score (nSPS) is 10.4. The highest BCUT2D eigenvalue weighted by atomic mass is 32.1. The Morgan fingerprint density at radius 2 is 1.69 bits per heavy atom. The fourth-order valence-corrected chi connectivity index (χ4v) is 3.03. The predicted molar refractivity (Wildman–Crippen MR) is 118 cm³/mol. The van der Waals surface area contributed by atoms with Crippen LogP contribution in [0.1, 0.15) is 22.5 Å². The van der Waals surface area contributed by atoms with E-state index < -0.39 is 0 Å². The van der Waals surface area contributed by atoms with Gasteiger partial charge in [0.25, 0.3) is 0 Å². The van der Waals surface area contributed by atoms with Gasteiger partial charge in [0.1, 0.15) is 5.76 Å². The van der Waals surface area contributed by atoms with E-state index in [1.807, 2.05) is 47.4 Å². The van der Waals surface area contributed by atoms with Crippen LogP contribution in [0.2, 0.25) is 0 Å². The highest BCUT2D eigenvalue weighted by Crippen LogP contribution is 2.12. The molecular weight excluding hydrogens is 382 g/mol. The van der Waals surface area contributed by atoms with Crippen LogP contribution in [0.5, 0.6) is 0 Å². The van der Waals surface area contributed by atoms with Crippen LogP contribution in [-0.2, 0) is 24.4 Å². The maximum atomic E-state index is 12.2. The molecule has 3 rings (SSSR count). The Hall–Kier alpha value is -3.12. The second-order valence-corrected chi connectivity index (χ2v) is 7.23. The van der Waals surface area contributed by atoms with Gasteiger partial charge in [0.15, 0.2) is 5.11 Å². The van der Waals surface area contributed by atoms with Crippen molar-refractivity contribution < 1.29 is 9.21 Å². The molecule has 0 fully saturated rings. The molecule has 0 aliphatic carbocycles. The van der Waals surface area contributed by atoms with Crippen molar-refractivity contribution in [1.82, 2.24) is 15.5 Å². The maximum Gasteiger partial charge on any atom is 0.239 e. The third-order valence-electron chi connectivity index (χ3n) is 4.44. The molecule has 29 heavy (non-hydrogen) atoms. The number of aryl methyl sites for hydroxylation is 1. The van der Waals surface area contributed by atoms with Crippen molar-refractivity contribution in [2.24, 2.45) is 0 Å². The maximum absolute atomic E-state index is 12.2. The van der Waals surface area contributed by atoms with Gasteiger partial charge in [-0.25, -0.2) is 0 Å². The predicted octanol–water partition coefficient (Wildman–Crippen LogP) is 3.78. The molecule has 1 aromatic heterocycles. The molecular formula is C23H25N3O2S. The first-order valence-corrected chi connectivity index (χ1v) is 9.92. The van der Waals surface area contributed by atoms with E-state index in [1.54, 1.807) is 6.26 Å². The number of carbonyl (C=O) groups is 1. The molecule has 0 aliphatic rings. The van der Waals surface area contributed by atoms with Gasteiger partial charge in [-0.3, -0.25) is 4.79 Å². The largest absolute Gasteiger partial charge is 0.467 e. The smallest absolute Gasteiger partial charge is 0.239 e. The molecule has 0 unspecified atom stereocenters. The fourth-order valence-electron chi connectivity index (χ4n) is 2.83. The Morgan fingerprint density at radius 1 is 0.931 bits per heavy atom. The Kier molecular flexibility index (Phi) is 7.41. The Morgan fingerprint density at radius 3 is 2.38 bits per heavy atom. The Bertz CT molecular complexity index is 909. The van der Waals surface area contributed by atoms with Gasteiger partial charge in [0.2, 0.25) is 5.91 Å². The summed E-state index contributed by atoms with van der Waals surface area (Å²) in [6.07, 6.45) is 1.65. The van der Waals surface area contributed by atoms with Gasteiger partial charge in [-0.15, -0.1) is 0 Å². The van der Waals surface area contributed by atoms with Crippen molar-refractivity contribution in [3.63, 3.8) is 0 Å². The summed E-state index contributed by atoms with van der Waals surface area (Å²) in [5.41, 5.74) is 3.41. The third-order valence-corrected chi connectivity index (χ3v) is 4.84. The zero-order chi connectivity index (χ0) is 20.5. The van der Waals surface area contributed by atoms with E-state index in [-0.39, 0.29) is 12.5 Å². The lowest BCUT2D eigenvalue weighted by atomic mass is 10.1. The van der Waals surface area contributed by atoms with E-state index in [9.17, 15) is 4.79 Å².